The van der Waals surface area contributed by atoms with Gasteiger partial charge in [-0.3, -0.25) is 0 Å². The van der Waals surface area contributed by atoms with Crippen molar-refractivity contribution < 1.29 is 27.8 Å². The van der Waals surface area contributed by atoms with Crippen molar-refractivity contribution in [1.29, 1.82) is 0 Å². The number of carbonyl (C=O) groups is 1. The average Bonchev–Trinajstić information content (AvgIpc) is 2.60. The zero-order chi connectivity index (χ0) is 19.3. The number of hydrogen-bond acceptors (Lipinski definition) is 6. The Morgan fingerprint density at radius 3 is 2.23 bits per heavy atom. The van der Waals surface area contributed by atoms with Crippen LogP contribution in [0.4, 0.5) is 0 Å². The lowest BCUT2D eigenvalue weighted by Gasteiger charge is -2.21. The second kappa shape index (κ2) is 8.20. The van der Waals surface area contributed by atoms with Gasteiger partial charge in [0.1, 0.15) is 0 Å². The van der Waals surface area contributed by atoms with Gasteiger partial charge < -0.3 is 19.4 Å². The molecule has 0 aliphatic carbocycles. The van der Waals surface area contributed by atoms with E-state index in [1.54, 1.807) is 24.3 Å². The maximum absolute atomic E-state index is 12.6. The van der Waals surface area contributed by atoms with Crippen LogP contribution in [0.2, 0.25) is 0 Å². The van der Waals surface area contributed by atoms with Crippen molar-refractivity contribution in [3.63, 3.8) is 0 Å². The minimum Gasteiger partial charge on any atom is -0.550 e. The number of rotatable bonds is 8. The van der Waals surface area contributed by atoms with E-state index in [2.05, 4.69) is 4.72 Å². The van der Waals surface area contributed by atoms with Gasteiger partial charge in [-0.15, -0.1) is 0 Å². The fourth-order valence-electron chi connectivity index (χ4n) is 2.44. The number of hydrogen-bond donors (Lipinski definition) is 1. The van der Waals surface area contributed by atoms with Gasteiger partial charge in [-0.2, -0.15) is 0 Å². The maximum atomic E-state index is 12.6. The van der Waals surface area contributed by atoms with E-state index >= 15 is 0 Å². The number of ether oxygens (including phenoxy) is 2. The number of benzene rings is 2. The lowest BCUT2D eigenvalue weighted by molar-refractivity contribution is -0.306. The van der Waals surface area contributed by atoms with Crippen LogP contribution in [0.3, 0.4) is 0 Å². The predicted octanol–water partition coefficient (Wildman–Crippen LogP) is 1.17. The molecule has 0 aliphatic rings. The smallest absolute Gasteiger partial charge is 0.241 e. The molecule has 0 fully saturated rings. The first kappa shape index (κ1) is 19.7. The van der Waals surface area contributed by atoms with Crippen LogP contribution < -0.4 is 19.3 Å². The molecule has 140 valence electrons. The molecule has 0 unspecified atom stereocenters. The van der Waals surface area contributed by atoms with Crippen molar-refractivity contribution >= 4 is 16.0 Å². The van der Waals surface area contributed by atoms with Crippen molar-refractivity contribution in [2.24, 2.45) is 0 Å². The summed E-state index contributed by atoms with van der Waals surface area (Å²) in [7, 11) is -1.01. The van der Waals surface area contributed by atoms with Gasteiger partial charge in [-0.25, -0.2) is 13.1 Å². The Kier molecular flexibility index (Phi) is 6.23. The summed E-state index contributed by atoms with van der Waals surface area (Å²) in [6, 6.07) is 9.92. The number of aryl methyl sites for hydroxylation is 1. The fourth-order valence-corrected chi connectivity index (χ4v) is 3.66. The zero-order valence-corrected chi connectivity index (χ0v) is 15.5. The molecule has 0 radical (unpaired) electrons. The van der Waals surface area contributed by atoms with Gasteiger partial charge >= 0.3 is 0 Å². The minimum atomic E-state index is -3.92. The first-order chi connectivity index (χ1) is 12.3. The maximum Gasteiger partial charge on any atom is 0.241 e. The topological polar surface area (TPSA) is 105 Å². The number of carboxylic acids is 1. The number of carbonyl (C=O) groups excluding carboxylic acids is 1. The lowest BCUT2D eigenvalue weighted by atomic mass is 10.0. The molecule has 1 atom stereocenters. The highest BCUT2D eigenvalue weighted by Gasteiger charge is 2.22. The molecule has 0 bridgehead atoms. The highest BCUT2D eigenvalue weighted by Crippen LogP contribution is 2.31. The van der Waals surface area contributed by atoms with Crippen LogP contribution in [0.25, 0.3) is 0 Å². The molecule has 26 heavy (non-hydrogen) atoms. The number of aliphatic carboxylic acids is 1. The lowest BCUT2D eigenvalue weighted by Crippen LogP contribution is -2.34. The third kappa shape index (κ3) is 4.74. The number of nitrogens with one attached hydrogen (secondary N) is 1. The van der Waals surface area contributed by atoms with Crippen molar-refractivity contribution in [2.45, 2.75) is 24.3 Å². The number of carboxylic acid groups (broad SMARTS) is 1. The minimum absolute atomic E-state index is 0.0481. The van der Waals surface area contributed by atoms with E-state index in [-0.39, 0.29) is 4.90 Å². The molecule has 0 amide bonds. The Balaban J connectivity index is 2.38. The van der Waals surface area contributed by atoms with Gasteiger partial charge in [0.15, 0.2) is 11.5 Å². The largest absolute Gasteiger partial charge is 0.550 e. The predicted molar refractivity (Wildman–Crippen MR) is 93.4 cm³/mol. The molecular formula is C18H20NO6S-. The summed E-state index contributed by atoms with van der Waals surface area (Å²) in [6.07, 6.45) is -0.527. The normalized spacial score (nSPS) is 12.4. The monoisotopic (exact) mass is 378 g/mol. The summed E-state index contributed by atoms with van der Waals surface area (Å²) in [4.78, 5) is 11.2. The van der Waals surface area contributed by atoms with Crippen molar-refractivity contribution in [2.75, 3.05) is 14.2 Å². The average molecular weight is 378 g/mol. The summed E-state index contributed by atoms with van der Waals surface area (Å²) < 4.78 is 38.0. The van der Waals surface area contributed by atoms with E-state index in [0.29, 0.717) is 17.1 Å². The molecule has 0 saturated carbocycles. The van der Waals surface area contributed by atoms with Crippen LogP contribution in [0.5, 0.6) is 11.5 Å². The molecule has 0 spiro atoms. The first-order valence-electron chi connectivity index (χ1n) is 7.77. The Bertz CT molecular complexity index is 877. The molecular weight excluding hydrogens is 358 g/mol. The summed E-state index contributed by atoms with van der Waals surface area (Å²) in [5, 5.41) is 11.1. The Morgan fingerprint density at radius 2 is 1.69 bits per heavy atom. The van der Waals surface area contributed by atoms with Gasteiger partial charge in [0.25, 0.3) is 0 Å². The Hall–Kier alpha value is -2.58. The highest BCUT2D eigenvalue weighted by molar-refractivity contribution is 7.89. The molecule has 7 nitrogen and oxygen atoms in total. The third-order valence-corrected chi connectivity index (χ3v) is 5.30. The molecule has 8 heteroatoms. The second-order valence-electron chi connectivity index (χ2n) is 5.68. The molecule has 0 saturated heterocycles. The van der Waals surface area contributed by atoms with E-state index < -0.39 is 28.5 Å². The molecule has 0 aromatic heterocycles. The van der Waals surface area contributed by atoms with Crippen LogP contribution >= 0.6 is 0 Å². The molecule has 0 heterocycles. The number of methoxy groups -OCH3 is 2. The number of sulfonamides is 1. The summed E-state index contributed by atoms with van der Waals surface area (Å²) >= 11 is 0. The van der Waals surface area contributed by atoms with E-state index in [9.17, 15) is 18.3 Å². The van der Waals surface area contributed by atoms with Crippen molar-refractivity contribution in [3.05, 3.63) is 53.6 Å². The summed E-state index contributed by atoms with van der Waals surface area (Å²) in [6.45, 7) is 1.84. The standard InChI is InChI=1S/C18H21NO6S/c1-12-4-7-14(8-5-12)26(22,23)19-15(11-18(20)21)13-6-9-16(24-2)17(10-13)25-3/h4-10,15,19H,11H2,1-3H3,(H,20,21)/p-1/t15-/m0/s1. The molecule has 0 aliphatic heterocycles. The summed E-state index contributed by atoms with van der Waals surface area (Å²) in [5.74, 6) is -0.566. The van der Waals surface area contributed by atoms with Crippen molar-refractivity contribution in [1.82, 2.24) is 4.72 Å². The quantitative estimate of drug-likeness (QED) is 0.739. The van der Waals surface area contributed by atoms with Crippen LogP contribution in [-0.2, 0) is 14.8 Å². The van der Waals surface area contributed by atoms with Crippen LogP contribution in [0.15, 0.2) is 47.4 Å². The first-order valence-corrected chi connectivity index (χ1v) is 9.26. The molecule has 2 aromatic rings. The van der Waals surface area contributed by atoms with Gasteiger partial charge in [0.2, 0.25) is 10.0 Å². The molecule has 2 rings (SSSR count). The van der Waals surface area contributed by atoms with E-state index in [1.165, 1.54) is 32.4 Å². The van der Waals surface area contributed by atoms with E-state index in [0.717, 1.165) is 5.56 Å². The van der Waals surface area contributed by atoms with Crippen LogP contribution in [0.1, 0.15) is 23.6 Å². The van der Waals surface area contributed by atoms with Crippen LogP contribution in [-0.4, -0.2) is 28.6 Å². The van der Waals surface area contributed by atoms with E-state index in [4.69, 9.17) is 9.47 Å². The third-order valence-electron chi connectivity index (χ3n) is 3.81. The Morgan fingerprint density at radius 1 is 1.08 bits per heavy atom. The van der Waals surface area contributed by atoms with Gasteiger partial charge in [-0.1, -0.05) is 23.8 Å². The van der Waals surface area contributed by atoms with Crippen molar-refractivity contribution in [3.8, 4) is 11.5 Å². The van der Waals surface area contributed by atoms with Gasteiger partial charge in [0.05, 0.1) is 25.2 Å². The summed E-state index contributed by atoms with van der Waals surface area (Å²) in [5.41, 5.74) is 1.33. The van der Waals surface area contributed by atoms with Gasteiger partial charge in [-0.05, 0) is 36.8 Å². The second-order valence-corrected chi connectivity index (χ2v) is 7.39. The molecule has 2 aromatic carbocycles. The fraction of sp³-hybridized carbons (Fsp3) is 0.278. The van der Waals surface area contributed by atoms with Crippen LogP contribution in [0, 0.1) is 6.92 Å². The van der Waals surface area contributed by atoms with Gasteiger partial charge in [0, 0.05) is 12.4 Å². The SMILES string of the molecule is COc1ccc([C@H](CC(=O)[O-])NS(=O)(=O)c2ccc(C)cc2)cc1OC. The molecule has 1 N–H and O–H groups in total. The highest BCUT2D eigenvalue weighted by atomic mass is 32.2. The zero-order valence-electron chi connectivity index (χ0n) is 14.7. The van der Waals surface area contributed by atoms with E-state index in [1.807, 2.05) is 6.92 Å². The Labute approximate surface area is 152 Å².